The van der Waals surface area contributed by atoms with Crippen LogP contribution >= 0.6 is 34.8 Å². The zero-order valence-electron chi connectivity index (χ0n) is 24.6. The van der Waals surface area contributed by atoms with Crippen LogP contribution in [0.5, 0.6) is 5.75 Å². The van der Waals surface area contributed by atoms with E-state index in [1.54, 1.807) is 36.4 Å². The number of nitrogens with one attached hydrogen (secondary N) is 1. The highest BCUT2D eigenvalue weighted by Crippen LogP contribution is 2.51. The van der Waals surface area contributed by atoms with E-state index in [9.17, 15) is 19.5 Å². The van der Waals surface area contributed by atoms with Crippen molar-refractivity contribution in [1.29, 1.82) is 0 Å². The summed E-state index contributed by atoms with van der Waals surface area (Å²) in [6, 6.07) is 12.0. The lowest BCUT2D eigenvalue weighted by atomic mass is 9.78. The van der Waals surface area contributed by atoms with Crippen LogP contribution in [0.2, 0.25) is 0 Å². The molecule has 220 valence electrons. The number of nitrogens with zero attached hydrogens (tertiary/aromatic N) is 1. The number of carbonyl (C=O) groups is 3. The molecule has 0 saturated heterocycles. The molecule has 2 aromatic carbocycles. The van der Waals surface area contributed by atoms with Gasteiger partial charge in [-0.2, -0.15) is 0 Å². The average molecular weight is 637 g/mol. The first-order valence-electron chi connectivity index (χ1n) is 13.6. The smallest absolute Gasteiger partial charge is 0.255 e. The third kappa shape index (κ3) is 5.16. The maximum Gasteiger partial charge on any atom is 0.255 e. The number of Topliss-reactive ketones (excluding diaryl/α,β-unsaturated/α-hetero) is 2. The lowest BCUT2D eigenvalue weighted by Crippen LogP contribution is -2.21. The topological polar surface area (TPSA) is 96.4 Å². The Hall–Kier alpha value is -3.58. The summed E-state index contributed by atoms with van der Waals surface area (Å²) in [6.07, 6.45) is 0. The minimum absolute atomic E-state index is 0.0159. The summed E-state index contributed by atoms with van der Waals surface area (Å²) in [6.45, 7) is 15.6. The van der Waals surface area contributed by atoms with E-state index in [-0.39, 0.29) is 43.6 Å². The van der Waals surface area contributed by atoms with Crippen LogP contribution in [-0.4, -0.2) is 27.6 Å². The zero-order valence-corrected chi connectivity index (χ0v) is 26.8. The number of anilines is 1. The van der Waals surface area contributed by atoms with Gasteiger partial charge in [0.15, 0.2) is 10.4 Å². The number of hydrogen-bond donors (Lipinski definition) is 2. The van der Waals surface area contributed by atoms with Crippen molar-refractivity contribution in [3.63, 3.8) is 0 Å². The number of pyridine rings is 1. The lowest BCUT2D eigenvalue weighted by Gasteiger charge is -2.28. The van der Waals surface area contributed by atoms with Crippen molar-refractivity contribution in [1.82, 2.24) is 4.98 Å². The molecular weight excluding hydrogens is 607 g/mol. The molecule has 5 rings (SSSR count). The zero-order chi connectivity index (χ0) is 31.8. The molecule has 0 spiro atoms. The van der Waals surface area contributed by atoms with Gasteiger partial charge in [0.05, 0.1) is 16.9 Å². The molecule has 1 fully saturated rings. The van der Waals surface area contributed by atoms with Crippen molar-refractivity contribution < 1.29 is 19.5 Å². The van der Waals surface area contributed by atoms with Crippen LogP contribution in [0.25, 0.3) is 10.9 Å². The molecule has 2 N–H and O–H groups in total. The summed E-state index contributed by atoms with van der Waals surface area (Å²) in [5, 5.41) is 14.6. The van der Waals surface area contributed by atoms with Crippen LogP contribution < -0.4 is 5.32 Å². The van der Waals surface area contributed by atoms with Crippen molar-refractivity contribution in [2.24, 2.45) is 0 Å². The minimum atomic E-state index is -1.28. The number of aromatic hydroxyl groups is 1. The third-order valence-corrected chi connectivity index (χ3v) is 9.01. The third-order valence-electron chi connectivity index (χ3n) is 7.70. The number of halogens is 3. The van der Waals surface area contributed by atoms with Gasteiger partial charge in [0.1, 0.15) is 33.4 Å². The summed E-state index contributed by atoms with van der Waals surface area (Å²) in [5.74, 6) is -2.61. The normalized spacial score (nSPS) is 17.7. The lowest BCUT2D eigenvalue weighted by molar-refractivity contribution is -0.122. The number of carbonyl (C=O) groups excluding carboxylic acids is 3. The molecule has 1 saturated carbocycles. The first-order chi connectivity index (χ1) is 19.9. The molecule has 0 radical (unpaired) electrons. The Bertz CT molecular complexity index is 1810. The molecular formula is C34H30Cl3N2O4+. The molecule has 1 aromatic heterocycles. The van der Waals surface area contributed by atoms with Gasteiger partial charge < -0.3 is 10.4 Å². The molecule has 3 aromatic rings. The van der Waals surface area contributed by atoms with E-state index in [0.717, 1.165) is 0 Å². The Labute approximate surface area is 265 Å². The SMILES string of the molecule is C=C1C(Cl)=C2C(=O)C(c3ccc4cccc(NC(=O)c5cc(C(C)(C)C)c(O)c(C(C)(C)C)c5)c4n3)C(=O)C2=C(Cl)[C+]1Cl. The molecule has 2 aliphatic rings. The van der Waals surface area contributed by atoms with Crippen molar-refractivity contribution in [2.75, 3.05) is 5.32 Å². The second-order valence-electron chi connectivity index (χ2n) is 12.8. The Morgan fingerprint density at radius 1 is 0.953 bits per heavy atom. The van der Waals surface area contributed by atoms with Crippen molar-refractivity contribution in [3.8, 4) is 5.75 Å². The molecule has 1 atom stereocenters. The highest BCUT2D eigenvalue weighted by molar-refractivity contribution is 6.52. The quantitative estimate of drug-likeness (QED) is 0.223. The van der Waals surface area contributed by atoms with E-state index in [0.29, 0.717) is 33.3 Å². The number of phenols is 1. The van der Waals surface area contributed by atoms with Crippen molar-refractivity contribution in [2.45, 2.75) is 58.3 Å². The molecule has 1 amide bonds. The highest BCUT2D eigenvalue weighted by Gasteiger charge is 2.54. The second kappa shape index (κ2) is 10.5. The van der Waals surface area contributed by atoms with Crippen LogP contribution in [-0.2, 0) is 20.4 Å². The number of fused-ring (bicyclic) bond motifs is 2. The predicted molar refractivity (Wildman–Crippen MR) is 172 cm³/mol. The summed E-state index contributed by atoms with van der Waals surface area (Å²) in [7, 11) is 0. The Morgan fingerprint density at radius 2 is 1.53 bits per heavy atom. The fraction of sp³-hybridized carbons (Fsp3) is 0.265. The fourth-order valence-corrected chi connectivity index (χ4v) is 6.20. The maximum atomic E-state index is 13.7. The second-order valence-corrected chi connectivity index (χ2v) is 14.0. The van der Waals surface area contributed by atoms with E-state index in [2.05, 4.69) is 16.9 Å². The van der Waals surface area contributed by atoms with Gasteiger partial charge in [-0.1, -0.05) is 71.3 Å². The Kier molecular flexibility index (Phi) is 7.57. The number of hydrogen-bond acceptors (Lipinski definition) is 5. The number of para-hydroxylation sites is 1. The van der Waals surface area contributed by atoms with Gasteiger partial charge in [-0.05, 0) is 64.9 Å². The molecule has 6 nitrogen and oxygen atoms in total. The molecule has 1 unspecified atom stereocenters. The van der Waals surface area contributed by atoms with Crippen LogP contribution in [0.15, 0.2) is 75.8 Å². The molecule has 43 heavy (non-hydrogen) atoms. The van der Waals surface area contributed by atoms with Crippen LogP contribution in [0.1, 0.15) is 74.6 Å². The van der Waals surface area contributed by atoms with Gasteiger partial charge in [0.2, 0.25) is 11.6 Å². The molecule has 2 aliphatic carbocycles. The largest absolute Gasteiger partial charge is 0.507 e. The van der Waals surface area contributed by atoms with Crippen LogP contribution in [0.3, 0.4) is 0 Å². The van der Waals surface area contributed by atoms with Gasteiger partial charge >= 0.3 is 0 Å². The monoisotopic (exact) mass is 635 g/mol. The summed E-state index contributed by atoms with van der Waals surface area (Å²) in [4.78, 5) is 45.4. The number of aromatic nitrogens is 1. The Morgan fingerprint density at radius 3 is 2.12 bits per heavy atom. The molecule has 0 aliphatic heterocycles. The summed E-state index contributed by atoms with van der Waals surface area (Å²) < 4.78 is 0. The maximum absolute atomic E-state index is 13.7. The summed E-state index contributed by atoms with van der Waals surface area (Å²) >= 11 is 19.0. The first-order valence-corrected chi connectivity index (χ1v) is 14.8. The predicted octanol–water partition coefficient (Wildman–Crippen LogP) is 8.35. The fourth-order valence-electron chi connectivity index (χ4n) is 5.38. The van der Waals surface area contributed by atoms with E-state index < -0.39 is 34.2 Å². The van der Waals surface area contributed by atoms with Crippen LogP contribution in [0.4, 0.5) is 5.69 Å². The number of ketones is 2. The standard InChI is InChI=1S/C34H29Cl3N2O4/c1-15-25(35)23-24(27(37)26(15)36)31(42)22(30(23)41)20-12-11-16-9-8-10-21(28(16)38-20)39-32(43)17-13-18(33(2,3)4)29(40)19(14-17)34(5,6)7/h8-14,22H,1H2,2-7H3,(H-,39,40,43)/p+1. The highest BCUT2D eigenvalue weighted by atomic mass is 35.5. The van der Waals surface area contributed by atoms with E-state index in [4.69, 9.17) is 34.8 Å². The number of amides is 1. The van der Waals surface area contributed by atoms with E-state index >= 15 is 0 Å². The minimum Gasteiger partial charge on any atom is -0.507 e. The van der Waals surface area contributed by atoms with Gasteiger partial charge in [0.25, 0.3) is 5.91 Å². The average Bonchev–Trinajstić information content (AvgIpc) is 3.19. The first kappa shape index (κ1) is 30.9. The molecule has 9 heteroatoms. The van der Waals surface area contributed by atoms with Crippen LogP contribution in [0, 0.1) is 5.38 Å². The number of phenolic OH excluding ortho intramolecular Hbond substituents is 1. The van der Waals surface area contributed by atoms with E-state index in [1.165, 1.54) is 0 Å². The molecule has 1 heterocycles. The number of benzene rings is 2. The Balaban J connectivity index is 1.58. The van der Waals surface area contributed by atoms with Gasteiger partial charge in [0, 0.05) is 22.1 Å². The van der Waals surface area contributed by atoms with Crippen molar-refractivity contribution >= 4 is 68.9 Å². The molecule has 0 bridgehead atoms. The van der Waals surface area contributed by atoms with Gasteiger partial charge in [-0.15, -0.1) is 0 Å². The number of rotatable bonds is 3. The summed E-state index contributed by atoms with van der Waals surface area (Å²) in [5.41, 5.74) is 1.93. The van der Waals surface area contributed by atoms with Crippen molar-refractivity contribution in [3.05, 3.63) is 104 Å². The number of allylic oxidation sites excluding steroid dienone is 5. The van der Waals surface area contributed by atoms with Gasteiger partial charge in [-0.25, -0.2) is 4.98 Å². The van der Waals surface area contributed by atoms with E-state index in [1.807, 2.05) is 47.6 Å². The van der Waals surface area contributed by atoms with Gasteiger partial charge in [-0.3, -0.25) is 14.4 Å².